The summed E-state index contributed by atoms with van der Waals surface area (Å²) in [6, 6.07) is 0.644. The lowest BCUT2D eigenvalue weighted by atomic mass is 9.94. The summed E-state index contributed by atoms with van der Waals surface area (Å²) in [7, 11) is 0. The minimum absolute atomic E-state index is 0.0600. The molecular weight excluding hydrogens is 210 g/mol. The Hall–Kier alpha value is -0.0800. The smallest absolute Gasteiger partial charge is 0.0641 e. The molecule has 2 heteroatoms. The fraction of sp³-hybridized carbons (Fsp3) is 1.00. The van der Waals surface area contributed by atoms with Gasteiger partial charge in [-0.3, -0.25) is 0 Å². The normalized spacial score (nSPS) is 34.6. The first-order chi connectivity index (χ1) is 7.67. The zero-order chi connectivity index (χ0) is 12.9. The van der Waals surface area contributed by atoms with E-state index in [1.807, 2.05) is 0 Å². The van der Waals surface area contributed by atoms with Gasteiger partial charge >= 0.3 is 0 Å². The van der Waals surface area contributed by atoms with Crippen LogP contribution in [0.4, 0.5) is 0 Å². The molecule has 0 aromatic heterocycles. The van der Waals surface area contributed by atoms with Crippen molar-refractivity contribution in [2.24, 2.45) is 16.7 Å². The molecule has 0 aromatic carbocycles. The molecule has 2 aliphatic rings. The second-order valence-electron chi connectivity index (χ2n) is 7.70. The summed E-state index contributed by atoms with van der Waals surface area (Å²) < 4.78 is 5.76. The van der Waals surface area contributed by atoms with E-state index in [-0.39, 0.29) is 5.60 Å². The van der Waals surface area contributed by atoms with Crippen molar-refractivity contribution in [1.29, 1.82) is 0 Å². The van der Waals surface area contributed by atoms with Crippen LogP contribution in [0.5, 0.6) is 0 Å². The lowest BCUT2D eigenvalue weighted by molar-refractivity contribution is -0.0630. The predicted molar refractivity (Wildman–Crippen MR) is 72.1 cm³/mol. The maximum absolute atomic E-state index is 5.76. The molecule has 2 rings (SSSR count). The number of nitrogens with one attached hydrogen (secondary N) is 1. The predicted octanol–water partition coefficient (Wildman–Crippen LogP) is 3.22. The van der Waals surface area contributed by atoms with Crippen LogP contribution in [0, 0.1) is 16.7 Å². The van der Waals surface area contributed by atoms with Crippen LogP contribution >= 0.6 is 0 Å². The van der Waals surface area contributed by atoms with Gasteiger partial charge < -0.3 is 10.1 Å². The lowest BCUT2D eigenvalue weighted by Crippen LogP contribution is -2.44. The molecule has 0 radical (unpaired) electrons. The first-order valence-corrected chi connectivity index (χ1v) is 7.04. The number of hydrogen-bond acceptors (Lipinski definition) is 2. The lowest BCUT2D eigenvalue weighted by Gasteiger charge is -2.36. The first-order valence-electron chi connectivity index (χ1n) is 7.04. The molecule has 0 spiro atoms. The van der Waals surface area contributed by atoms with E-state index < -0.39 is 0 Å². The first kappa shape index (κ1) is 13.4. The van der Waals surface area contributed by atoms with Gasteiger partial charge in [-0.25, -0.2) is 0 Å². The maximum atomic E-state index is 5.76. The molecule has 0 bridgehead atoms. The maximum Gasteiger partial charge on any atom is 0.0641 e. The van der Waals surface area contributed by atoms with Gasteiger partial charge in [0.25, 0.3) is 0 Å². The molecule has 2 fully saturated rings. The topological polar surface area (TPSA) is 21.3 Å². The van der Waals surface area contributed by atoms with Crippen molar-refractivity contribution in [1.82, 2.24) is 5.32 Å². The highest BCUT2D eigenvalue weighted by Crippen LogP contribution is 2.67. The van der Waals surface area contributed by atoms with E-state index in [1.54, 1.807) is 0 Å². The summed E-state index contributed by atoms with van der Waals surface area (Å²) in [5.41, 5.74) is 1.06. The molecule has 1 atom stereocenters. The van der Waals surface area contributed by atoms with Crippen molar-refractivity contribution in [3.05, 3.63) is 0 Å². The second kappa shape index (κ2) is 3.96. The van der Waals surface area contributed by atoms with Crippen LogP contribution < -0.4 is 5.32 Å². The Morgan fingerprint density at radius 1 is 1.06 bits per heavy atom. The third-order valence-corrected chi connectivity index (χ3v) is 5.63. The zero-order valence-corrected chi connectivity index (χ0v) is 12.4. The van der Waals surface area contributed by atoms with Gasteiger partial charge in [0, 0.05) is 12.6 Å². The second-order valence-corrected chi connectivity index (χ2v) is 7.70. The van der Waals surface area contributed by atoms with Crippen molar-refractivity contribution in [3.63, 3.8) is 0 Å². The van der Waals surface area contributed by atoms with E-state index in [2.05, 4.69) is 46.9 Å². The fourth-order valence-corrected chi connectivity index (χ4v) is 3.53. The summed E-state index contributed by atoms with van der Waals surface area (Å²) >= 11 is 0. The van der Waals surface area contributed by atoms with Gasteiger partial charge in [-0.2, -0.15) is 0 Å². The Morgan fingerprint density at radius 3 is 2.12 bits per heavy atom. The van der Waals surface area contributed by atoms with E-state index in [1.165, 1.54) is 6.54 Å². The molecule has 0 amide bonds. The van der Waals surface area contributed by atoms with E-state index >= 15 is 0 Å². The summed E-state index contributed by atoms with van der Waals surface area (Å²) in [5.74, 6) is 0.820. The molecule has 1 unspecified atom stereocenters. The SMILES string of the molecule is CC1(C)CC(NCC2C(C)(C)C2(C)C)CCO1. The molecule has 2 nitrogen and oxygen atoms in total. The molecule has 17 heavy (non-hydrogen) atoms. The van der Waals surface area contributed by atoms with E-state index in [4.69, 9.17) is 4.74 Å². The van der Waals surface area contributed by atoms with E-state index in [9.17, 15) is 0 Å². The molecule has 1 saturated heterocycles. The van der Waals surface area contributed by atoms with Crippen LogP contribution in [0.1, 0.15) is 54.4 Å². The molecule has 0 aromatic rings. The minimum Gasteiger partial charge on any atom is -0.375 e. The molecule has 100 valence electrons. The van der Waals surface area contributed by atoms with Gasteiger partial charge in [-0.15, -0.1) is 0 Å². The standard InChI is InChI=1S/C15H29NO/c1-13(2)9-11(7-8-17-13)16-10-12-14(3,4)15(12,5)6/h11-12,16H,7-10H2,1-6H3. The molecule has 1 heterocycles. The van der Waals surface area contributed by atoms with Gasteiger partial charge in [-0.05, 0) is 50.0 Å². The molecule has 1 aliphatic carbocycles. The van der Waals surface area contributed by atoms with Crippen molar-refractivity contribution in [3.8, 4) is 0 Å². The van der Waals surface area contributed by atoms with Gasteiger partial charge in [0.2, 0.25) is 0 Å². The van der Waals surface area contributed by atoms with Crippen LogP contribution in [-0.4, -0.2) is 24.8 Å². The Labute approximate surface area is 107 Å². The van der Waals surface area contributed by atoms with Crippen LogP contribution in [-0.2, 0) is 4.74 Å². The average Bonchev–Trinajstić information content (AvgIpc) is 2.53. The third kappa shape index (κ3) is 2.39. The van der Waals surface area contributed by atoms with Gasteiger partial charge in [-0.1, -0.05) is 27.7 Å². The van der Waals surface area contributed by atoms with Crippen molar-refractivity contribution in [2.75, 3.05) is 13.2 Å². The van der Waals surface area contributed by atoms with Gasteiger partial charge in [0.05, 0.1) is 5.60 Å². The average molecular weight is 239 g/mol. The van der Waals surface area contributed by atoms with E-state index in [0.717, 1.165) is 25.4 Å². The van der Waals surface area contributed by atoms with Gasteiger partial charge in [0.1, 0.15) is 0 Å². The van der Waals surface area contributed by atoms with Crippen LogP contribution in [0.25, 0.3) is 0 Å². The largest absolute Gasteiger partial charge is 0.375 e. The Kier molecular flexibility index (Phi) is 3.11. The highest BCUT2D eigenvalue weighted by Gasteiger charge is 2.63. The van der Waals surface area contributed by atoms with Crippen LogP contribution in [0.2, 0.25) is 0 Å². The molecular formula is C15H29NO. The summed E-state index contributed by atoms with van der Waals surface area (Å²) in [6.45, 7) is 16.1. The van der Waals surface area contributed by atoms with Crippen LogP contribution in [0.15, 0.2) is 0 Å². The monoisotopic (exact) mass is 239 g/mol. The zero-order valence-electron chi connectivity index (χ0n) is 12.4. The summed E-state index contributed by atoms with van der Waals surface area (Å²) in [4.78, 5) is 0. The van der Waals surface area contributed by atoms with Crippen LogP contribution in [0.3, 0.4) is 0 Å². The fourth-order valence-electron chi connectivity index (χ4n) is 3.53. The summed E-state index contributed by atoms with van der Waals surface area (Å²) in [5, 5.41) is 3.77. The highest BCUT2D eigenvalue weighted by atomic mass is 16.5. The Balaban J connectivity index is 1.80. The molecule has 1 N–H and O–H groups in total. The molecule has 1 aliphatic heterocycles. The van der Waals surface area contributed by atoms with Gasteiger partial charge in [0.15, 0.2) is 0 Å². The van der Waals surface area contributed by atoms with E-state index in [0.29, 0.717) is 16.9 Å². The summed E-state index contributed by atoms with van der Waals surface area (Å²) in [6.07, 6.45) is 2.30. The highest BCUT2D eigenvalue weighted by molar-refractivity contribution is 5.13. The van der Waals surface area contributed by atoms with Crippen molar-refractivity contribution in [2.45, 2.75) is 66.0 Å². The number of ether oxygens (including phenoxy) is 1. The quantitative estimate of drug-likeness (QED) is 0.816. The van der Waals surface area contributed by atoms with Crippen molar-refractivity contribution >= 4 is 0 Å². The van der Waals surface area contributed by atoms with Crippen molar-refractivity contribution < 1.29 is 4.74 Å². The Bertz CT molecular complexity index is 279. The number of rotatable bonds is 3. The Morgan fingerprint density at radius 2 is 1.65 bits per heavy atom. The number of hydrogen-bond donors (Lipinski definition) is 1. The third-order valence-electron chi connectivity index (χ3n) is 5.63. The molecule has 1 saturated carbocycles. The minimum atomic E-state index is 0.0600.